The molecule has 2 aromatic heterocycles. The van der Waals surface area contributed by atoms with Crippen LogP contribution in [0.4, 0.5) is 27.7 Å². The first-order valence-electron chi connectivity index (χ1n) is 14.9. The van der Waals surface area contributed by atoms with Crippen LogP contribution < -0.4 is 15.1 Å². The van der Waals surface area contributed by atoms with Gasteiger partial charge in [-0.25, -0.2) is 14.4 Å². The second-order valence-corrected chi connectivity index (χ2v) is 14.2. The third-order valence-electron chi connectivity index (χ3n) is 9.02. The van der Waals surface area contributed by atoms with Crippen molar-refractivity contribution in [2.24, 2.45) is 11.8 Å². The maximum Gasteiger partial charge on any atom is 0.227 e. The lowest BCUT2D eigenvalue weighted by molar-refractivity contribution is -0.00860. The minimum Gasteiger partial charge on any atom is -0.390 e. The van der Waals surface area contributed by atoms with Crippen molar-refractivity contribution in [3.05, 3.63) is 42.2 Å². The highest BCUT2D eigenvalue weighted by atomic mass is 32.2. The summed E-state index contributed by atoms with van der Waals surface area (Å²) in [5, 5.41) is 15.6. The fourth-order valence-corrected chi connectivity index (χ4v) is 7.99. The number of nitrogens with zero attached hydrogens (tertiary/aromatic N) is 5. The maximum atomic E-state index is 14.8. The van der Waals surface area contributed by atoms with Gasteiger partial charge in [-0.3, -0.25) is 4.21 Å². The number of hydrogen-bond acceptors (Lipinski definition) is 8. The van der Waals surface area contributed by atoms with Crippen LogP contribution in [-0.4, -0.2) is 73.2 Å². The van der Waals surface area contributed by atoms with Gasteiger partial charge in [-0.05, 0) is 74.1 Å². The Balaban J connectivity index is 1.22. The first kappa shape index (κ1) is 28.3. The summed E-state index contributed by atoms with van der Waals surface area (Å²) in [6.45, 7) is 9.51. The van der Waals surface area contributed by atoms with Crippen LogP contribution >= 0.6 is 0 Å². The smallest absolute Gasteiger partial charge is 0.227 e. The number of benzene rings is 1. The summed E-state index contributed by atoms with van der Waals surface area (Å²) in [5.74, 6) is 4.84. The molecule has 2 aliphatic heterocycles. The monoisotopic (exact) mass is 580 g/mol. The van der Waals surface area contributed by atoms with Crippen LogP contribution in [0.3, 0.4) is 0 Å². The number of piperidine rings is 1. The van der Waals surface area contributed by atoms with Crippen molar-refractivity contribution >= 4 is 44.8 Å². The highest BCUT2D eigenvalue weighted by Gasteiger charge is 2.40. The summed E-state index contributed by atoms with van der Waals surface area (Å²) >= 11 is 0. The Morgan fingerprint density at radius 1 is 1.15 bits per heavy atom. The molecule has 0 bridgehead atoms. The van der Waals surface area contributed by atoms with Crippen molar-refractivity contribution in [1.82, 2.24) is 15.0 Å². The number of aliphatic hydroxyl groups excluding tert-OH is 1. The van der Waals surface area contributed by atoms with E-state index in [1.54, 1.807) is 17.2 Å². The van der Waals surface area contributed by atoms with Crippen molar-refractivity contribution in [2.45, 2.75) is 70.7 Å². The number of pyridine rings is 1. The van der Waals surface area contributed by atoms with E-state index in [4.69, 9.17) is 4.98 Å². The van der Waals surface area contributed by atoms with Crippen LogP contribution in [-0.2, 0) is 10.8 Å². The zero-order valence-corrected chi connectivity index (χ0v) is 25.2. The standard InChI is InChI=1S/C31H41FN6O2S/c1-19(2)23-7-8-26(38-15-22(20(38)3)17-41(40)16-21-5-6-21)25-14-34-29(13-24(23)25)35-28-9-11-33-30(36-28)37-12-10-27(39)31(4,32)18-37/h7-9,11,13-14,19-22,27,39H,5-6,10,12,15-18H2,1-4H3,(H,33,34,35,36)/t20-,22-,27+,31-,41+/m1/s1. The maximum absolute atomic E-state index is 14.8. The van der Waals surface area contributed by atoms with E-state index in [-0.39, 0.29) is 6.54 Å². The van der Waals surface area contributed by atoms with Crippen LogP contribution in [0.5, 0.6) is 0 Å². The van der Waals surface area contributed by atoms with Gasteiger partial charge < -0.3 is 20.2 Å². The molecular formula is C31H41FN6O2S. The Morgan fingerprint density at radius 3 is 2.66 bits per heavy atom. The molecule has 41 heavy (non-hydrogen) atoms. The van der Waals surface area contributed by atoms with Gasteiger partial charge in [0.1, 0.15) is 11.6 Å². The molecule has 3 aromatic rings. The number of halogens is 1. The molecule has 2 N–H and O–H groups in total. The van der Waals surface area contributed by atoms with Crippen molar-refractivity contribution in [3.8, 4) is 0 Å². The molecule has 5 atom stereocenters. The molecule has 6 rings (SSSR count). The predicted molar refractivity (Wildman–Crippen MR) is 164 cm³/mol. The number of anilines is 4. The van der Waals surface area contributed by atoms with Gasteiger partial charge in [0.2, 0.25) is 5.95 Å². The SMILES string of the molecule is CC(C)c1ccc(N2C[C@H](C[S@@](=O)CC3CC3)[C@H]2C)c2cnc(Nc3ccnc(N4CC[C@H](O)[C@](C)(F)C4)n3)cc12. The Kier molecular flexibility index (Phi) is 7.65. The molecular weight excluding hydrogens is 539 g/mol. The van der Waals surface area contributed by atoms with E-state index < -0.39 is 22.6 Å². The Labute approximate surface area is 244 Å². The van der Waals surface area contributed by atoms with E-state index in [0.29, 0.717) is 54.3 Å². The molecule has 4 heterocycles. The number of aromatic nitrogens is 3. The van der Waals surface area contributed by atoms with Crippen LogP contribution in [0.25, 0.3) is 10.8 Å². The number of rotatable bonds is 9. The van der Waals surface area contributed by atoms with E-state index in [2.05, 4.69) is 59.2 Å². The average Bonchev–Trinajstić information content (AvgIpc) is 3.75. The van der Waals surface area contributed by atoms with Gasteiger partial charge in [-0.2, -0.15) is 4.98 Å². The Hall–Kier alpha value is -2.85. The van der Waals surface area contributed by atoms with E-state index in [9.17, 15) is 13.7 Å². The normalized spacial score (nSPS) is 27.2. The molecule has 3 aliphatic rings. The number of fused-ring (bicyclic) bond motifs is 1. The van der Waals surface area contributed by atoms with Gasteiger partial charge in [0.25, 0.3) is 0 Å². The van der Waals surface area contributed by atoms with E-state index in [1.807, 2.05) is 6.20 Å². The van der Waals surface area contributed by atoms with Crippen molar-refractivity contribution in [1.29, 1.82) is 0 Å². The fourth-order valence-electron chi connectivity index (χ4n) is 6.13. The van der Waals surface area contributed by atoms with Crippen molar-refractivity contribution in [3.63, 3.8) is 0 Å². The predicted octanol–water partition coefficient (Wildman–Crippen LogP) is 5.17. The third kappa shape index (κ3) is 5.91. The second kappa shape index (κ2) is 11.1. The van der Waals surface area contributed by atoms with E-state index in [1.165, 1.54) is 31.0 Å². The molecule has 0 amide bonds. The van der Waals surface area contributed by atoms with Gasteiger partial charge in [0.05, 0.1) is 12.6 Å². The van der Waals surface area contributed by atoms with Crippen LogP contribution in [0, 0.1) is 11.8 Å². The van der Waals surface area contributed by atoms with Gasteiger partial charge in [0, 0.05) is 70.8 Å². The highest BCUT2D eigenvalue weighted by Crippen LogP contribution is 2.40. The summed E-state index contributed by atoms with van der Waals surface area (Å²) in [7, 11) is -0.718. The first-order valence-corrected chi connectivity index (χ1v) is 16.3. The molecule has 220 valence electrons. The highest BCUT2D eigenvalue weighted by molar-refractivity contribution is 7.85. The lowest BCUT2D eigenvalue weighted by Gasteiger charge is -2.48. The summed E-state index contributed by atoms with van der Waals surface area (Å²) < 4.78 is 27.4. The summed E-state index contributed by atoms with van der Waals surface area (Å²) in [4.78, 5) is 17.9. The zero-order valence-electron chi connectivity index (χ0n) is 24.4. The van der Waals surface area contributed by atoms with Gasteiger partial charge in [0.15, 0.2) is 5.67 Å². The molecule has 0 unspecified atom stereocenters. The average molecular weight is 581 g/mol. The Morgan fingerprint density at radius 2 is 1.95 bits per heavy atom. The molecule has 3 fully saturated rings. The lowest BCUT2D eigenvalue weighted by Crippen LogP contribution is -2.56. The van der Waals surface area contributed by atoms with Gasteiger partial charge in [-0.15, -0.1) is 0 Å². The second-order valence-electron chi connectivity index (χ2n) is 12.7. The van der Waals surface area contributed by atoms with Crippen LogP contribution in [0.1, 0.15) is 58.4 Å². The number of hydrogen-bond donors (Lipinski definition) is 2. The molecule has 1 saturated carbocycles. The largest absolute Gasteiger partial charge is 0.390 e. The van der Waals surface area contributed by atoms with Gasteiger partial charge in [-0.1, -0.05) is 19.9 Å². The van der Waals surface area contributed by atoms with Crippen molar-refractivity contribution in [2.75, 3.05) is 46.3 Å². The van der Waals surface area contributed by atoms with Gasteiger partial charge >= 0.3 is 0 Å². The first-order chi connectivity index (χ1) is 19.6. The zero-order chi connectivity index (χ0) is 28.9. The van der Waals surface area contributed by atoms with E-state index in [0.717, 1.165) is 28.8 Å². The lowest BCUT2D eigenvalue weighted by atomic mass is 9.88. The molecule has 2 saturated heterocycles. The summed E-state index contributed by atoms with van der Waals surface area (Å²) in [5.41, 5.74) is 0.713. The topological polar surface area (TPSA) is 94.5 Å². The van der Waals surface area contributed by atoms with E-state index >= 15 is 0 Å². The minimum absolute atomic E-state index is 0.0403. The fraction of sp³-hybridized carbons (Fsp3) is 0.581. The minimum atomic E-state index is -1.71. The summed E-state index contributed by atoms with van der Waals surface area (Å²) in [6.07, 6.45) is 5.43. The quantitative estimate of drug-likeness (QED) is 0.358. The number of alkyl halides is 1. The molecule has 0 radical (unpaired) electrons. The molecule has 0 spiro atoms. The van der Waals surface area contributed by atoms with Crippen LogP contribution in [0.2, 0.25) is 0 Å². The van der Waals surface area contributed by atoms with Crippen LogP contribution in [0.15, 0.2) is 36.7 Å². The molecule has 8 nitrogen and oxygen atoms in total. The molecule has 1 aromatic carbocycles. The molecule has 1 aliphatic carbocycles. The van der Waals surface area contributed by atoms with Crippen molar-refractivity contribution < 1.29 is 13.7 Å². The third-order valence-corrected chi connectivity index (χ3v) is 10.7. The number of nitrogens with one attached hydrogen (secondary N) is 1. The molecule has 10 heteroatoms. The summed E-state index contributed by atoms with van der Waals surface area (Å²) in [6, 6.07) is 8.63. The Bertz CT molecular complexity index is 1450. The number of aliphatic hydroxyl groups is 1.